The molecule has 3 heterocycles. The van der Waals surface area contributed by atoms with Gasteiger partial charge in [0, 0.05) is 18.7 Å². The third-order valence-electron chi connectivity index (χ3n) is 7.37. The number of nitrogens with zero attached hydrogens (tertiary/aromatic N) is 5. The van der Waals surface area contributed by atoms with Gasteiger partial charge in [0.05, 0.1) is 11.6 Å². The van der Waals surface area contributed by atoms with E-state index in [0.717, 1.165) is 54.6 Å². The third-order valence-corrected chi connectivity index (χ3v) is 7.37. The number of benzene rings is 2. The number of H-pyrrole nitrogens is 1. The van der Waals surface area contributed by atoms with E-state index in [0.29, 0.717) is 11.6 Å². The van der Waals surface area contributed by atoms with Gasteiger partial charge in [-0.3, -0.25) is 9.69 Å². The molecule has 1 fully saturated rings. The molecule has 0 saturated heterocycles. The minimum atomic E-state index is -0.303. The summed E-state index contributed by atoms with van der Waals surface area (Å²) in [4.78, 5) is 19.0. The number of para-hydroxylation sites is 1. The number of tetrazole rings is 1. The molecular formula is C26H28N6O. The maximum atomic E-state index is 13.5. The van der Waals surface area contributed by atoms with Crippen molar-refractivity contribution in [3.63, 3.8) is 0 Å². The Balaban J connectivity index is 1.51. The molecule has 1 aliphatic heterocycles. The zero-order valence-electron chi connectivity index (χ0n) is 18.9. The van der Waals surface area contributed by atoms with Gasteiger partial charge in [0.15, 0.2) is 5.82 Å². The fourth-order valence-corrected chi connectivity index (χ4v) is 5.63. The van der Waals surface area contributed by atoms with E-state index < -0.39 is 0 Å². The van der Waals surface area contributed by atoms with Gasteiger partial charge >= 0.3 is 0 Å². The summed E-state index contributed by atoms with van der Waals surface area (Å²) in [7, 11) is 0. The van der Waals surface area contributed by atoms with Crippen molar-refractivity contribution < 1.29 is 0 Å². The average molecular weight is 441 g/mol. The summed E-state index contributed by atoms with van der Waals surface area (Å²) in [5.41, 5.74) is 5.29. The smallest absolute Gasteiger partial charge is 0.253 e. The van der Waals surface area contributed by atoms with E-state index in [4.69, 9.17) is 0 Å². The lowest BCUT2D eigenvalue weighted by Gasteiger charge is -2.35. The van der Waals surface area contributed by atoms with Crippen molar-refractivity contribution in [3.8, 4) is 0 Å². The molecule has 168 valence electrons. The molecule has 1 N–H and O–H groups in total. The van der Waals surface area contributed by atoms with Crippen LogP contribution in [0.15, 0.2) is 53.3 Å². The Morgan fingerprint density at radius 3 is 2.73 bits per heavy atom. The third kappa shape index (κ3) is 3.56. The normalized spacial score (nSPS) is 18.0. The van der Waals surface area contributed by atoms with Crippen LogP contribution in [-0.2, 0) is 13.0 Å². The molecule has 2 aromatic heterocycles. The number of fused-ring (bicyclic) bond motifs is 2. The van der Waals surface area contributed by atoms with Crippen molar-refractivity contribution in [1.29, 1.82) is 0 Å². The van der Waals surface area contributed by atoms with Crippen LogP contribution >= 0.6 is 0 Å². The van der Waals surface area contributed by atoms with Gasteiger partial charge < -0.3 is 4.98 Å². The van der Waals surface area contributed by atoms with Gasteiger partial charge in [-0.1, -0.05) is 55.3 Å². The summed E-state index contributed by atoms with van der Waals surface area (Å²) in [5, 5.41) is 14.0. The first-order chi connectivity index (χ1) is 16.2. The zero-order valence-corrected chi connectivity index (χ0v) is 18.9. The first-order valence-corrected chi connectivity index (χ1v) is 11.9. The number of rotatable bonds is 4. The van der Waals surface area contributed by atoms with Gasteiger partial charge in [-0.05, 0) is 64.8 Å². The van der Waals surface area contributed by atoms with Crippen molar-refractivity contribution >= 4 is 10.9 Å². The Hall–Kier alpha value is -3.32. The number of nitrogens with one attached hydrogen (secondary N) is 1. The van der Waals surface area contributed by atoms with E-state index in [9.17, 15) is 4.79 Å². The lowest BCUT2D eigenvalue weighted by molar-refractivity contribution is 0.190. The van der Waals surface area contributed by atoms with Gasteiger partial charge in [0.2, 0.25) is 0 Å². The molecule has 1 aliphatic carbocycles. The maximum Gasteiger partial charge on any atom is 0.253 e. The van der Waals surface area contributed by atoms with Crippen molar-refractivity contribution in [3.05, 3.63) is 87.0 Å². The van der Waals surface area contributed by atoms with Gasteiger partial charge in [-0.2, -0.15) is 0 Å². The molecule has 1 saturated carbocycles. The lowest BCUT2D eigenvalue weighted by Crippen LogP contribution is -2.39. The minimum Gasteiger partial charge on any atom is -0.321 e. The predicted molar refractivity (Wildman–Crippen MR) is 127 cm³/mol. The summed E-state index contributed by atoms with van der Waals surface area (Å²) in [6.45, 7) is 3.64. The summed E-state index contributed by atoms with van der Waals surface area (Å²) in [6, 6.07) is 16.7. The number of aromatic nitrogens is 5. The Kier molecular flexibility index (Phi) is 5.06. The quantitative estimate of drug-likeness (QED) is 0.517. The van der Waals surface area contributed by atoms with Gasteiger partial charge in [-0.25, -0.2) is 4.68 Å². The van der Waals surface area contributed by atoms with Crippen LogP contribution in [-0.4, -0.2) is 36.6 Å². The molecular weight excluding hydrogens is 412 g/mol. The second kappa shape index (κ2) is 8.23. The summed E-state index contributed by atoms with van der Waals surface area (Å²) in [6.07, 6.45) is 5.51. The van der Waals surface area contributed by atoms with Crippen LogP contribution in [0.3, 0.4) is 0 Å². The van der Waals surface area contributed by atoms with Gasteiger partial charge in [-0.15, -0.1) is 5.10 Å². The van der Waals surface area contributed by atoms with E-state index in [1.165, 1.54) is 24.0 Å². The molecule has 0 unspecified atom stereocenters. The first kappa shape index (κ1) is 20.3. The van der Waals surface area contributed by atoms with Crippen molar-refractivity contribution in [2.24, 2.45) is 0 Å². The number of hydrogen-bond acceptors (Lipinski definition) is 5. The van der Waals surface area contributed by atoms with Gasteiger partial charge in [0.25, 0.3) is 5.56 Å². The van der Waals surface area contributed by atoms with E-state index in [1.54, 1.807) is 0 Å². The Morgan fingerprint density at radius 2 is 1.88 bits per heavy atom. The van der Waals surface area contributed by atoms with Crippen molar-refractivity contribution in [2.75, 3.05) is 6.54 Å². The fourth-order valence-electron chi connectivity index (χ4n) is 5.63. The number of aryl methyl sites for hydroxylation is 1. The Morgan fingerprint density at radius 1 is 1.06 bits per heavy atom. The Labute approximate surface area is 192 Å². The fraction of sp³-hybridized carbons (Fsp3) is 0.385. The van der Waals surface area contributed by atoms with Crippen LogP contribution in [0.5, 0.6) is 0 Å². The second-order valence-electron chi connectivity index (χ2n) is 9.40. The molecule has 33 heavy (non-hydrogen) atoms. The SMILES string of the molecule is Cc1cccc2cc([C@@H](c3nnnn3C3CCCC3)N3CCc4ccccc4C3)c(=O)[nH]c12. The summed E-state index contributed by atoms with van der Waals surface area (Å²) in [5.74, 6) is 0.777. The Bertz CT molecular complexity index is 1370. The highest BCUT2D eigenvalue weighted by Crippen LogP contribution is 2.35. The number of hydrogen-bond donors (Lipinski definition) is 1. The van der Waals surface area contributed by atoms with E-state index >= 15 is 0 Å². The standard InChI is InChI=1S/C26H28N6O/c1-17-7-6-10-19-15-22(26(33)27-23(17)19)24(25-28-29-30-32(25)21-11-4-5-12-21)31-14-13-18-8-2-3-9-20(18)16-31/h2-3,6-10,15,21,24H,4-5,11-14,16H2,1H3,(H,27,33)/t24-/m0/s1. The largest absolute Gasteiger partial charge is 0.321 e. The first-order valence-electron chi connectivity index (χ1n) is 11.9. The highest BCUT2D eigenvalue weighted by molar-refractivity contribution is 5.82. The highest BCUT2D eigenvalue weighted by Gasteiger charge is 2.34. The van der Waals surface area contributed by atoms with E-state index in [2.05, 4.69) is 55.7 Å². The van der Waals surface area contributed by atoms with Crippen LogP contribution in [0.25, 0.3) is 10.9 Å². The molecule has 0 spiro atoms. The average Bonchev–Trinajstić information content (AvgIpc) is 3.52. The molecule has 2 aromatic carbocycles. The monoisotopic (exact) mass is 440 g/mol. The van der Waals surface area contributed by atoms with Crippen LogP contribution < -0.4 is 5.56 Å². The lowest BCUT2D eigenvalue weighted by atomic mass is 9.95. The van der Waals surface area contributed by atoms with Crippen molar-refractivity contribution in [2.45, 2.75) is 57.7 Å². The molecule has 6 rings (SSSR count). The zero-order chi connectivity index (χ0) is 22.4. The molecule has 0 bridgehead atoms. The maximum absolute atomic E-state index is 13.5. The summed E-state index contributed by atoms with van der Waals surface area (Å²) >= 11 is 0. The topological polar surface area (TPSA) is 79.7 Å². The predicted octanol–water partition coefficient (Wildman–Crippen LogP) is 4.09. The van der Waals surface area contributed by atoms with Gasteiger partial charge in [0.1, 0.15) is 6.04 Å². The van der Waals surface area contributed by atoms with E-state index in [1.807, 2.05) is 29.8 Å². The molecule has 7 heteroatoms. The number of aromatic amines is 1. The number of pyridine rings is 1. The van der Waals surface area contributed by atoms with Crippen LogP contribution in [0.1, 0.15) is 65.8 Å². The van der Waals surface area contributed by atoms with Crippen LogP contribution in [0, 0.1) is 6.92 Å². The minimum absolute atomic E-state index is 0.0679. The molecule has 2 aliphatic rings. The highest BCUT2D eigenvalue weighted by atomic mass is 16.1. The van der Waals surface area contributed by atoms with Crippen LogP contribution in [0.2, 0.25) is 0 Å². The molecule has 4 aromatic rings. The summed E-state index contributed by atoms with van der Waals surface area (Å²) < 4.78 is 2.00. The van der Waals surface area contributed by atoms with E-state index in [-0.39, 0.29) is 11.6 Å². The van der Waals surface area contributed by atoms with Crippen LogP contribution in [0.4, 0.5) is 0 Å². The molecule has 0 amide bonds. The second-order valence-corrected chi connectivity index (χ2v) is 9.40. The molecule has 7 nitrogen and oxygen atoms in total. The van der Waals surface area contributed by atoms with Crippen molar-refractivity contribution in [1.82, 2.24) is 30.1 Å². The molecule has 0 radical (unpaired) electrons. The molecule has 1 atom stereocenters.